The summed E-state index contributed by atoms with van der Waals surface area (Å²) in [6.07, 6.45) is 6.17. The van der Waals surface area contributed by atoms with E-state index in [4.69, 9.17) is 11.6 Å². The maximum atomic E-state index is 14.3. The molecule has 35 heavy (non-hydrogen) atoms. The van der Waals surface area contributed by atoms with Crippen LogP contribution in [0.4, 0.5) is 21.6 Å². The van der Waals surface area contributed by atoms with Crippen LogP contribution in [0.3, 0.4) is 0 Å². The fraction of sp³-hybridized carbons (Fsp3) is 0.480. The van der Waals surface area contributed by atoms with Gasteiger partial charge in [0.15, 0.2) is 17.3 Å². The number of aryl methyl sites for hydroxylation is 1. The summed E-state index contributed by atoms with van der Waals surface area (Å²) in [5.41, 5.74) is 2.57. The molecule has 8 nitrogen and oxygen atoms in total. The Bertz CT molecular complexity index is 1220. The molecule has 4 aromatic rings. The van der Waals surface area contributed by atoms with Gasteiger partial charge < -0.3 is 15.5 Å². The van der Waals surface area contributed by atoms with Crippen molar-refractivity contribution in [2.45, 2.75) is 53.9 Å². The molecule has 1 aromatic carbocycles. The van der Waals surface area contributed by atoms with Crippen LogP contribution < -0.4 is 15.5 Å². The zero-order valence-corrected chi connectivity index (χ0v) is 22.0. The molecule has 0 unspecified atom stereocenters. The number of aromatic nitrogens is 5. The molecule has 0 atom stereocenters. The van der Waals surface area contributed by atoms with Crippen molar-refractivity contribution in [3.63, 3.8) is 0 Å². The summed E-state index contributed by atoms with van der Waals surface area (Å²) in [5.74, 6) is 0.574. The van der Waals surface area contributed by atoms with Gasteiger partial charge in [-0.05, 0) is 19.1 Å². The molecule has 1 aliphatic carbocycles. The lowest BCUT2D eigenvalue weighted by Crippen LogP contribution is -2.43. The van der Waals surface area contributed by atoms with E-state index >= 15 is 0 Å². The molecule has 0 amide bonds. The molecule has 2 aliphatic rings. The Morgan fingerprint density at radius 3 is 2.37 bits per heavy atom. The molecule has 0 bridgehead atoms. The molecule has 190 valence electrons. The fourth-order valence-electron chi connectivity index (χ4n) is 3.55. The van der Waals surface area contributed by atoms with E-state index in [2.05, 4.69) is 35.8 Å². The summed E-state index contributed by atoms with van der Waals surface area (Å²) in [5, 5.41) is 19.3. The van der Waals surface area contributed by atoms with Gasteiger partial charge in [-0.25, -0.2) is 13.9 Å². The summed E-state index contributed by atoms with van der Waals surface area (Å²) in [6, 6.07) is 5.35. The van der Waals surface area contributed by atoms with E-state index < -0.39 is 5.82 Å². The molecular formula is C25H36ClFN8. The van der Waals surface area contributed by atoms with Crippen LogP contribution in [0.5, 0.6) is 0 Å². The lowest BCUT2D eigenvalue weighted by Gasteiger charge is -2.29. The first-order chi connectivity index (χ1) is 17.1. The standard InChI is InChI=1S/C18H18ClFN8.C3H6.2C2H6/c1-10-22-18-14(20)6-11(9-28(18)26-10)23-17-16-13(19)7-12(8-15(16)24-25-17)27-4-2-21-3-5-27;1-2-3-1;2*1-2/h6-9,21H,2-5H2,1H3,(H2,23,24,25);1-3H2;2*1-2H3. The second kappa shape index (κ2) is 12.7. The summed E-state index contributed by atoms with van der Waals surface area (Å²) < 4.78 is 15.7. The van der Waals surface area contributed by atoms with Gasteiger partial charge in [-0.1, -0.05) is 58.6 Å². The Morgan fingerprint density at radius 2 is 1.71 bits per heavy atom. The van der Waals surface area contributed by atoms with E-state index in [1.807, 2.05) is 39.8 Å². The molecule has 2 fully saturated rings. The smallest absolute Gasteiger partial charge is 0.191 e. The minimum absolute atomic E-state index is 0.189. The number of nitrogens with one attached hydrogen (secondary N) is 3. The third-order valence-corrected chi connectivity index (χ3v) is 5.49. The topological polar surface area (TPSA) is 86.2 Å². The first-order valence-electron chi connectivity index (χ1n) is 12.5. The Labute approximate surface area is 211 Å². The molecule has 10 heteroatoms. The van der Waals surface area contributed by atoms with Gasteiger partial charge in [0, 0.05) is 37.9 Å². The van der Waals surface area contributed by atoms with Gasteiger partial charge in [0.2, 0.25) is 0 Å². The molecule has 6 rings (SSSR count). The van der Waals surface area contributed by atoms with Crippen LogP contribution >= 0.6 is 11.6 Å². The number of piperazine rings is 1. The Hall–Kier alpha value is -2.91. The van der Waals surface area contributed by atoms with Crippen LogP contribution in [0.25, 0.3) is 16.6 Å². The quantitative estimate of drug-likeness (QED) is 0.314. The predicted molar refractivity (Wildman–Crippen MR) is 144 cm³/mol. The second-order valence-electron chi connectivity index (χ2n) is 7.85. The first-order valence-corrected chi connectivity index (χ1v) is 12.9. The van der Waals surface area contributed by atoms with Crippen molar-refractivity contribution in [2.75, 3.05) is 36.4 Å². The van der Waals surface area contributed by atoms with Crippen LogP contribution in [-0.2, 0) is 0 Å². The van der Waals surface area contributed by atoms with Crippen LogP contribution in [-0.4, -0.2) is 51.0 Å². The number of rotatable bonds is 3. The van der Waals surface area contributed by atoms with E-state index in [1.54, 1.807) is 13.1 Å². The Morgan fingerprint density at radius 1 is 1.03 bits per heavy atom. The average Bonchev–Trinajstić information content (AvgIpc) is 3.64. The number of pyridine rings is 1. The maximum absolute atomic E-state index is 14.3. The molecular weight excluding hydrogens is 467 g/mol. The van der Waals surface area contributed by atoms with Crippen molar-refractivity contribution in [2.24, 2.45) is 0 Å². The van der Waals surface area contributed by atoms with Crippen LogP contribution in [0.2, 0.25) is 5.02 Å². The molecule has 1 saturated heterocycles. The predicted octanol–water partition coefficient (Wildman–Crippen LogP) is 6.08. The van der Waals surface area contributed by atoms with E-state index in [0.29, 0.717) is 22.4 Å². The van der Waals surface area contributed by atoms with Gasteiger partial charge in [-0.2, -0.15) is 10.2 Å². The zero-order chi connectivity index (χ0) is 25.4. The van der Waals surface area contributed by atoms with Crippen molar-refractivity contribution in [1.82, 2.24) is 30.1 Å². The average molecular weight is 503 g/mol. The highest BCUT2D eigenvalue weighted by atomic mass is 35.5. The maximum Gasteiger partial charge on any atom is 0.191 e. The number of H-pyrrole nitrogens is 1. The zero-order valence-electron chi connectivity index (χ0n) is 21.3. The van der Waals surface area contributed by atoms with Crippen LogP contribution in [0.1, 0.15) is 52.8 Å². The number of hydrogen-bond donors (Lipinski definition) is 3. The first kappa shape index (κ1) is 26.7. The third-order valence-electron chi connectivity index (χ3n) is 5.19. The van der Waals surface area contributed by atoms with Gasteiger partial charge in [0.1, 0.15) is 5.82 Å². The third kappa shape index (κ3) is 6.61. The fourth-order valence-corrected chi connectivity index (χ4v) is 3.85. The number of nitrogens with zero attached hydrogens (tertiary/aromatic N) is 5. The highest BCUT2D eigenvalue weighted by Crippen LogP contribution is 2.34. The highest BCUT2D eigenvalue weighted by molar-refractivity contribution is 6.36. The van der Waals surface area contributed by atoms with Crippen molar-refractivity contribution in [3.05, 3.63) is 41.1 Å². The molecule has 0 spiro atoms. The number of anilines is 3. The van der Waals surface area contributed by atoms with Crippen molar-refractivity contribution in [1.29, 1.82) is 0 Å². The van der Waals surface area contributed by atoms with Crippen molar-refractivity contribution < 1.29 is 4.39 Å². The monoisotopic (exact) mass is 502 g/mol. The van der Waals surface area contributed by atoms with Gasteiger partial charge >= 0.3 is 0 Å². The summed E-state index contributed by atoms with van der Waals surface area (Å²) in [6.45, 7) is 13.5. The Balaban J connectivity index is 0.000000437. The normalized spacial score (nSPS) is 14.3. The number of benzene rings is 1. The number of aromatic amines is 1. The minimum atomic E-state index is -0.461. The molecule has 1 saturated carbocycles. The highest BCUT2D eigenvalue weighted by Gasteiger charge is 2.17. The molecule has 3 aromatic heterocycles. The van der Waals surface area contributed by atoms with Gasteiger partial charge in [-0.3, -0.25) is 5.10 Å². The van der Waals surface area contributed by atoms with E-state index in [9.17, 15) is 4.39 Å². The number of halogens is 2. The van der Waals surface area contributed by atoms with Gasteiger partial charge in [-0.15, -0.1) is 0 Å². The van der Waals surface area contributed by atoms with Crippen molar-refractivity contribution in [3.8, 4) is 0 Å². The SMILES string of the molecule is C1CC1.CC.CC.Cc1nc2c(F)cc(Nc3n[nH]c4cc(N5CCNCC5)cc(Cl)c34)cn2n1. The minimum Gasteiger partial charge on any atom is -0.369 e. The molecule has 0 radical (unpaired) electrons. The lowest BCUT2D eigenvalue weighted by atomic mass is 10.2. The molecule has 1 aliphatic heterocycles. The van der Waals surface area contributed by atoms with Crippen LogP contribution in [0, 0.1) is 12.7 Å². The summed E-state index contributed by atoms with van der Waals surface area (Å²) in [4.78, 5) is 6.35. The summed E-state index contributed by atoms with van der Waals surface area (Å²) >= 11 is 6.58. The Kier molecular flexibility index (Phi) is 9.68. The second-order valence-corrected chi connectivity index (χ2v) is 8.26. The number of hydrogen-bond acceptors (Lipinski definition) is 6. The van der Waals surface area contributed by atoms with E-state index in [0.717, 1.165) is 42.8 Å². The molecule has 4 heterocycles. The lowest BCUT2D eigenvalue weighted by molar-refractivity contribution is 0.589. The van der Waals surface area contributed by atoms with E-state index in [-0.39, 0.29) is 5.65 Å². The van der Waals surface area contributed by atoms with Crippen LogP contribution in [0.15, 0.2) is 24.4 Å². The number of fused-ring (bicyclic) bond motifs is 2. The van der Waals surface area contributed by atoms with Gasteiger partial charge in [0.05, 0.1) is 27.8 Å². The largest absolute Gasteiger partial charge is 0.369 e. The van der Waals surface area contributed by atoms with Gasteiger partial charge in [0.25, 0.3) is 0 Å². The van der Waals surface area contributed by atoms with E-state index in [1.165, 1.54) is 29.8 Å². The van der Waals surface area contributed by atoms with Crippen molar-refractivity contribution >= 4 is 45.3 Å². The summed E-state index contributed by atoms with van der Waals surface area (Å²) in [7, 11) is 0. The molecule has 3 N–H and O–H groups in total.